The highest BCUT2D eigenvalue weighted by Crippen LogP contribution is 2.31. The van der Waals surface area contributed by atoms with Crippen LogP contribution in [0.25, 0.3) is 0 Å². The first kappa shape index (κ1) is 25.7. The van der Waals surface area contributed by atoms with Crippen LogP contribution in [0, 0.1) is 5.41 Å². The Morgan fingerprint density at radius 1 is 0.757 bits per heavy atom. The lowest BCUT2D eigenvalue weighted by molar-refractivity contribution is 0.0923. The molecule has 4 rings (SSSR count). The molecule has 0 unspecified atom stereocenters. The van der Waals surface area contributed by atoms with Crippen LogP contribution in [0.1, 0.15) is 52.0 Å². The van der Waals surface area contributed by atoms with Gasteiger partial charge in [-0.25, -0.2) is 0 Å². The number of hydrogen-bond donors (Lipinski definition) is 5. The van der Waals surface area contributed by atoms with Gasteiger partial charge in [-0.15, -0.1) is 0 Å². The number of ether oxygens (including phenoxy) is 2. The average molecular weight is 502 g/mol. The molecular formula is C28H31N5O4. The maximum absolute atomic E-state index is 13.1. The van der Waals surface area contributed by atoms with Gasteiger partial charge in [0.05, 0.1) is 0 Å². The molecule has 0 aromatic heterocycles. The highest BCUT2D eigenvalue weighted by atomic mass is 16.5. The van der Waals surface area contributed by atoms with Crippen molar-refractivity contribution < 1.29 is 19.1 Å². The summed E-state index contributed by atoms with van der Waals surface area (Å²) in [5, 5.41) is 13.2. The van der Waals surface area contributed by atoms with Crippen molar-refractivity contribution >= 4 is 17.6 Å². The van der Waals surface area contributed by atoms with E-state index in [1.165, 1.54) is 0 Å². The minimum Gasteiger partial charge on any atom is -0.457 e. The third kappa shape index (κ3) is 6.86. The number of amides is 2. The SMILES string of the molecule is CNC(=O)c1ccc(Oc2cc(Oc3ccc(C(=N)N)cc3)cc(C(=O)NC3CCC(N)CC3)c2)cc1. The maximum atomic E-state index is 13.1. The molecule has 9 nitrogen and oxygen atoms in total. The second kappa shape index (κ2) is 11.6. The second-order valence-electron chi connectivity index (χ2n) is 9.02. The van der Waals surface area contributed by atoms with E-state index in [0.717, 1.165) is 25.7 Å². The standard InChI is InChI=1S/C28H31N5O4/c1-32-27(34)18-4-12-23(13-5-18)37-25-15-19(28(35)33-21-8-6-20(29)7-9-21)14-24(16-25)36-22-10-2-17(3-11-22)26(30)31/h2-5,10-16,20-21H,6-9,29H2,1H3,(H3,30,31)(H,32,34)(H,33,35). The van der Waals surface area contributed by atoms with Gasteiger partial charge >= 0.3 is 0 Å². The topological polar surface area (TPSA) is 153 Å². The van der Waals surface area contributed by atoms with Crippen LogP contribution in [-0.4, -0.2) is 36.8 Å². The Hall–Kier alpha value is -4.37. The largest absolute Gasteiger partial charge is 0.457 e. The summed E-state index contributed by atoms with van der Waals surface area (Å²) in [6, 6.07) is 18.7. The maximum Gasteiger partial charge on any atom is 0.251 e. The van der Waals surface area contributed by atoms with Gasteiger partial charge < -0.3 is 31.6 Å². The van der Waals surface area contributed by atoms with E-state index in [-0.39, 0.29) is 29.7 Å². The predicted octanol–water partition coefficient (Wildman–Crippen LogP) is 3.91. The number of nitrogens with one attached hydrogen (secondary N) is 3. The van der Waals surface area contributed by atoms with Crippen molar-refractivity contribution in [1.82, 2.24) is 10.6 Å². The molecule has 7 N–H and O–H groups in total. The number of carbonyl (C=O) groups is 2. The van der Waals surface area contributed by atoms with Crippen LogP contribution in [0.5, 0.6) is 23.0 Å². The summed E-state index contributed by atoms with van der Waals surface area (Å²) in [6.45, 7) is 0. The average Bonchev–Trinajstić information content (AvgIpc) is 2.90. The number of nitrogens with two attached hydrogens (primary N) is 2. The molecule has 2 amide bonds. The van der Waals surface area contributed by atoms with Gasteiger partial charge in [0, 0.05) is 41.9 Å². The molecule has 1 aliphatic carbocycles. The quantitative estimate of drug-likeness (QED) is 0.233. The Bertz CT molecular complexity index is 1270. The second-order valence-corrected chi connectivity index (χ2v) is 9.02. The summed E-state index contributed by atoms with van der Waals surface area (Å²) in [6.07, 6.45) is 3.44. The van der Waals surface area contributed by atoms with E-state index in [9.17, 15) is 9.59 Å². The fraction of sp³-hybridized carbons (Fsp3) is 0.250. The van der Waals surface area contributed by atoms with Gasteiger partial charge in [-0.2, -0.15) is 0 Å². The molecule has 3 aromatic rings. The highest BCUT2D eigenvalue weighted by Gasteiger charge is 2.21. The summed E-state index contributed by atoms with van der Waals surface area (Å²) in [4.78, 5) is 25.0. The van der Waals surface area contributed by atoms with E-state index >= 15 is 0 Å². The van der Waals surface area contributed by atoms with E-state index in [1.807, 2.05) is 0 Å². The fourth-order valence-electron chi connectivity index (χ4n) is 4.15. The van der Waals surface area contributed by atoms with Crippen molar-refractivity contribution in [2.24, 2.45) is 11.5 Å². The molecule has 1 saturated carbocycles. The van der Waals surface area contributed by atoms with E-state index in [0.29, 0.717) is 39.7 Å². The summed E-state index contributed by atoms with van der Waals surface area (Å²) < 4.78 is 12.0. The predicted molar refractivity (Wildman–Crippen MR) is 142 cm³/mol. The van der Waals surface area contributed by atoms with Gasteiger partial charge in [0.15, 0.2) is 0 Å². The lowest BCUT2D eigenvalue weighted by atomic mass is 9.91. The summed E-state index contributed by atoms with van der Waals surface area (Å²) >= 11 is 0. The first-order valence-corrected chi connectivity index (χ1v) is 12.1. The molecule has 0 radical (unpaired) electrons. The molecule has 9 heteroatoms. The highest BCUT2D eigenvalue weighted by molar-refractivity contribution is 5.96. The third-order valence-electron chi connectivity index (χ3n) is 6.23. The van der Waals surface area contributed by atoms with Crippen LogP contribution >= 0.6 is 0 Å². The zero-order valence-electron chi connectivity index (χ0n) is 20.6. The molecular weight excluding hydrogens is 470 g/mol. The van der Waals surface area contributed by atoms with Crippen LogP contribution in [-0.2, 0) is 0 Å². The fourth-order valence-corrected chi connectivity index (χ4v) is 4.15. The van der Waals surface area contributed by atoms with Gasteiger partial charge in [-0.3, -0.25) is 15.0 Å². The first-order valence-electron chi connectivity index (χ1n) is 12.1. The Morgan fingerprint density at radius 2 is 1.27 bits per heavy atom. The number of amidine groups is 1. The molecule has 3 aromatic carbocycles. The smallest absolute Gasteiger partial charge is 0.251 e. The minimum atomic E-state index is -0.224. The summed E-state index contributed by atoms with van der Waals surface area (Å²) in [5.74, 6) is 1.38. The molecule has 0 atom stereocenters. The summed E-state index contributed by atoms with van der Waals surface area (Å²) in [5.41, 5.74) is 13.0. The van der Waals surface area contributed by atoms with E-state index in [2.05, 4.69) is 10.6 Å². The van der Waals surface area contributed by atoms with Crippen LogP contribution in [0.3, 0.4) is 0 Å². The Balaban J connectivity index is 1.57. The van der Waals surface area contributed by atoms with Gasteiger partial charge in [-0.05, 0) is 86.3 Å². The van der Waals surface area contributed by atoms with Crippen molar-refractivity contribution in [3.05, 3.63) is 83.4 Å². The number of carbonyl (C=O) groups excluding carboxylic acids is 2. The molecule has 1 aliphatic rings. The van der Waals surface area contributed by atoms with Gasteiger partial charge in [-0.1, -0.05) is 0 Å². The van der Waals surface area contributed by atoms with Crippen molar-refractivity contribution in [1.29, 1.82) is 5.41 Å². The number of nitrogen functional groups attached to an aromatic ring is 1. The van der Waals surface area contributed by atoms with Crippen molar-refractivity contribution in [3.63, 3.8) is 0 Å². The zero-order chi connectivity index (χ0) is 26.4. The first-order chi connectivity index (χ1) is 17.8. The van der Waals surface area contributed by atoms with Gasteiger partial charge in [0.2, 0.25) is 0 Å². The molecule has 0 aliphatic heterocycles. The minimum absolute atomic E-state index is 0.0352. The molecule has 0 spiro atoms. The Morgan fingerprint density at radius 3 is 1.76 bits per heavy atom. The monoisotopic (exact) mass is 501 g/mol. The number of rotatable bonds is 8. The van der Waals surface area contributed by atoms with Crippen LogP contribution in [0.4, 0.5) is 0 Å². The normalized spacial score (nSPS) is 16.9. The zero-order valence-corrected chi connectivity index (χ0v) is 20.6. The van der Waals surface area contributed by atoms with E-state index < -0.39 is 0 Å². The molecule has 0 bridgehead atoms. The number of benzene rings is 3. The van der Waals surface area contributed by atoms with E-state index in [1.54, 1.807) is 73.8 Å². The van der Waals surface area contributed by atoms with Crippen LogP contribution < -0.4 is 31.6 Å². The van der Waals surface area contributed by atoms with Crippen molar-refractivity contribution in [3.8, 4) is 23.0 Å². The summed E-state index contributed by atoms with van der Waals surface area (Å²) in [7, 11) is 1.57. The van der Waals surface area contributed by atoms with Crippen molar-refractivity contribution in [2.75, 3.05) is 7.05 Å². The molecule has 37 heavy (non-hydrogen) atoms. The lowest BCUT2D eigenvalue weighted by Gasteiger charge is -2.26. The van der Waals surface area contributed by atoms with E-state index in [4.69, 9.17) is 26.4 Å². The molecule has 192 valence electrons. The van der Waals surface area contributed by atoms with Crippen LogP contribution in [0.15, 0.2) is 66.7 Å². The van der Waals surface area contributed by atoms with Crippen LogP contribution in [0.2, 0.25) is 0 Å². The molecule has 0 heterocycles. The molecule has 1 fully saturated rings. The Kier molecular flexibility index (Phi) is 8.05. The van der Waals surface area contributed by atoms with Gasteiger partial charge in [0.1, 0.15) is 28.8 Å². The Labute approximate surface area is 215 Å². The third-order valence-corrected chi connectivity index (χ3v) is 6.23. The molecule has 0 saturated heterocycles. The lowest BCUT2D eigenvalue weighted by Crippen LogP contribution is -2.40. The number of hydrogen-bond acceptors (Lipinski definition) is 6. The van der Waals surface area contributed by atoms with Crippen molar-refractivity contribution in [2.45, 2.75) is 37.8 Å². The van der Waals surface area contributed by atoms with Gasteiger partial charge in [0.25, 0.3) is 11.8 Å².